The molecule has 0 saturated heterocycles. The van der Waals surface area contributed by atoms with Crippen LogP contribution in [0.15, 0.2) is 94.9 Å². The van der Waals surface area contributed by atoms with Crippen LogP contribution in [0.5, 0.6) is 5.75 Å². The predicted octanol–water partition coefficient (Wildman–Crippen LogP) is 4.61. The van der Waals surface area contributed by atoms with Crippen molar-refractivity contribution in [3.63, 3.8) is 0 Å². The number of carbonyl (C=O) groups excluding carboxylic acids is 1. The molecule has 15 nitrogen and oxygen atoms in total. The standard InChI is InChI=1S/C48H57N11O4/c1-30(27-59-41(23-31-15-11-10-12-16-31)45(61)53-38(46(59)62)25-37-43(48(2,3)4)51-29-50-37)44(60)52-35-24-36(42(63-9)26-40(35)57(7)22-21-56(5)6)55-47-49-20-19-34(54-47)33-28-58(8)39-18-14-13-17-32(33)39/h10-20,23-26,29-30,33H,21-22,27-28H2,1-9H3,(H,50,51)(H,52,60)(H,53,61)(H,49,54,55)/b38-25-,41-23-. The summed E-state index contributed by atoms with van der Waals surface area (Å²) in [6.45, 7) is 9.94. The van der Waals surface area contributed by atoms with Gasteiger partial charge in [0.05, 0.1) is 47.8 Å². The zero-order valence-electron chi connectivity index (χ0n) is 37.5. The van der Waals surface area contributed by atoms with Gasteiger partial charge in [0, 0.05) is 75.3 Å². The van der Waals surface area contributed by atoms with Crippen molar-refractivity contribution in [3.8, 4) is 5.75 Å². The van der Waals surface area contributed by atoms with Crippen molar-refractivity contribution in [3.05, 3.63) is 145 Å². The molecule has 0 spiro atoms. The Bertz CT molecular complexity index is 2840. The fourth-order valence-corrected chi connectivity index (χ4v) is 7.83. The number of para-hydroxylation sites is 1. The van der Waals surface area contributed by atoms with Gasteiger partial charge in [-0.05, 0) is 55.6 Å². The number of ether oxygens (including phenoxy) is 1. The number of aromatic amines is 2. The number of hydrogen-bond acceptors (Lipinski definition) is 11. The molecule has 0 fully saturated rings. The molecule has 6 aromatic rings. The molecule has 0 aliphatic carbocycles. The van der Waals surface area contributed by atoms with Crippen LogP contribution in [0.2, 0.25) is 0 Å². The van der Waals surface area contributed by atoms with Crippen molar-refractivity contribution in [2.45, 2.75) is 45.6 Å². The molecule has 1 amide bonds. The number of hydrogen-bond donors (Lipinski definition) is 4. The fraction of sp³-hybridized carbons (Fsp3) is 0.333. The van der Waals surface area contributed by atoms with E-state index in [1.165, 1.54) is 15.8 Å². The van der Waals surface area contributed by atoms with E-state index >= 15 is 0 Å². The van der Waals surface area contributed by atoms with Crippen LogP contribution in [0.1, 0.15) is 61.8 Å². The highest BCUT2D eigenvalue weighted by Crippen LogP contribution is 2.40. The van der Waals surface area contributed by atoms with E-state index in [4.69, 9.17) is 9.72 Å². The van der Waals surface area contributed by atoms with Crippen molar-refractivity contribution in [2.75, 3.05) is 75.4 Å². The van der Waals surface area contributed by atoms with Gasteiger partial charge < -0.3 is 44.6 Å². The Kier molecular flexibility index (Phi) is 13.0. The molecule has 1 aliphatic rings. The number of H-pyrrole nitrogens is 2. The number of rotatable bonds is 14. The average Bonchev–Trinajstić information content (AvgIpc) is 3.88. The summed E-state index contributed by atoms with van der Waals surface area (Å²) in [5.74, 6) is -0.160. The van der Waals surface area contributed by atoms with Gasteiger partial charge in [-0.25, -0.2) is 15.0 Å². The number of imidazole rings is 1. The lowest BCUT2D eigenvalue weighted by Gasteiger charge is -2.26. The smallest absolute Gasteiger partial charge is 0.275 e. The number of aromatic nitrogens is 6. The topological polar surface area (TPSA) is 169 Å². The van der Waals surface area contributed by atoms with Crippen LogP contribution < -0.4 is 47.0 Å². The Balaban J connectivity index is 1.24. The maximum atomic E-state index is 14.4. The Morgan fingerprint density at radius 3 is 2.46 bits per heavy atom. The first-order chi connectivity index (χ1) is 30.1. The highest BCUT2D eigenvalue weighted by atomic mass is 16.5. The van der Waals surface area contributed by atoms with Crippen molar-refractivity contribution in [1.82, 2.24) is 34.4 Å². The Labute approximate surface area is 367 Å². The average molecular weight is 852 g/mol. The molecule has 0 radical (unpaired) electrons. The zero-order chi connectivity index (χ0) is 45.0. The van der Waals surface area contributed by atoms with Gasteiger partial charge in [0.15, 0.2) is 0 Å². The predicted molar refractivity (Wildman–Crippen MR) is 251 cm³/mol. The number of carbonyl (C=O) groups is 1. The molecule has 328 valence electrons. The third-order valence-electron chi connectivity index (χ3n) is 11.3. The number of nitrogens with zero attached hydrogens (tertiary/aromatic N) is 7. The molecule has 1 aliphatic heterocycles. The molecule has 2 atom stereocenters. The van der Waals surface area contributed by atoms with E-state index in [9.17, 15) is 14.4 Å². The van der Waals surface area contributed by atoms with Crippen molar-refractivity contribution >= 4 is 46.8 Å². The molecule has 7 rings (SSSR count). The summed E-state index contributed by atoms with van der Waals surface area (Å²) in [6.07, 6.45) is 6.55. The van der Waals surface area contributed by atoms with Crippen molar-refractivity contribution in [1.29, 1.82) is 0 Å². The number of likely N-dealkylation sites (N-methyl/N-ethyl adjacent to an activating group) is 3. The van der Waals surface area contributed by atoms with Crippen LogP contribution in [0.4, 0.5) is 28.7 Å². The van der Waals surface area contributed by atoms with Gasteiger partial charge in [-0.3, -0.25) is 14.4 Å². The monoisotopic (exact) mass is 851 g/mol. The van der Waals surface area contributed by atoms with Gasteiger partial charge in [-0.2, -0.15) is 0 Å². The van der Waals surface area contributed by atoms with Gasteiger partial charge in [0.2, 0.25) is 11.9 Å². The van der Waals surface area contributed by atoms with Crippen molar-refractivity contribution in [2.24, 2.45) is 5.92 Å². The molecule has 0 bridgehead atoms. The lowest BCUT2D eigenvalue weighted by molar-refractivity contribution is -0.119. The lowest BCUT2D eigenvalue weighted by atomic mass is 9.90. The summed E-state index contributed by atoms with van der Waals surface area (Å²) in [5, 5.41) is 6.70. The molecular weight excluding hydrogens is 795 g/mol. The Morgan fingerprint density at radius 1 is 0.984 bits per heavy atom. The summed E-state index contributed by atoms with van der Waals surface area (Å²) in [6, 6.07) is 23.3. The Morgan fingerprint density at radius 2 is 1.73 bits per heavy atom. The van der Waals surface area contributed by atoms with Gasteiger partial charge in [0.25, 0.3) is 11.1 Å². The summed E-state index contributed by atoms with van der Waals surface area (Å²) >= 11 is 0. The summed E-state index contributed by atoms with van der Waals surface area (Å²) in [4.78, 5) is 69.0. The second-order valence-electron chi connectivity index (χ2n) is 17.4. The molecule has 4 N–H and O–H groups in total. The minimum absolute atomic E-state index is 0.0570. The number of nitrogens with one attached hydrogen (secondary N) is 4. The lowest BCUT2D eigenvalue weighted by Crippen LogP contribution is -2.54. The van der Waals surface area contributed by atoms with Gasteiger partial charge in [0.1, 0.15) is 16.4 Å². The van der Waals surface area contributed by atoms with Crippen LogP contribution in [-0.4, -0.2) is 95.2 Å². The third-order valence-corrected chi connectivity index (χ3v) is 11.3. The van der Waals surface area contributed by atoms with E-state index in [-0.39, 0.29) is 34.5 Å². The highest BCUT2D eigenvalue weighted by molar-refractivity contribution is 5.97. The van der Waals surface area contributed by atoms with Gasteiger partial charge in [-0.15, -0.1) is 0 Å². The van der Waals surface area contributed by atoms with Crippen molar-refractivity contribution < 1.29 is 9.53 Å². The van der Waals surface area contributed by atoms with Crippen LogP contribution in [-0.2, 0) is 16.8 Å². The molecule has 3 aromatic heterocycles. The number of fused-ring (bicyclic) bond motifs is 1. The molecule has 63 heavy (non-hydrogen) atoms. The first-order valence-electron chi connectivity index (χ1n) is 21.1. The van der Waals surface area contributed by atoms with E-state index < -0.39 is 17.0 Å². The third kappa shape index (κ3) is 9.89. The second-order valence-corrected chi connectivity index (χ2v) is 17.4. The van der Waals surface area contributed by atoms with E-state index in [0.29, 0.717) is 35.3 Å². The minimum atomic E-state index is -0.776. The molecule has 2 unspecified atom stereocenters. The summed E-state index contributed by atoms with van der Waals surface area (Å²) in [7, 11) is 9.64. The largest absolute Gasteiger partial charge is 0.494 e. The Hall–Kier alpha value is -7.00. The van der Waals surface area contributed by atoms with Crippen LogP contribution >= 0.6 is 0 Å². The van der Waals surface area contributed by atoms with E-state index in [0.717, 1.165) is 35.7 Å². The first-order valence-corrected chi connectivity index (χ1v) is 21.1. The normalized spacial score (nSPS) is 14.8. The van der Waals surface area contributed by atoms with Gasteiger partial charge in [-0.1, -0.05) is 76.2 Å². The van der Waals surface area contributed by atoms with E-state index in [2.05, 4.69) is 64.4 Å². The maximum Gasteiger partial charge on any atom is 0.275 e. The van der Waals surface area contributed by atoms with Gasteiger partial charge >= 0.3 is 0 Å². The minimum Gasteiger partial charge on any atom is -0.494 e. The summed E-state index contributed by atoms with van der Waals surface area (Å²) < 4.78 is 7.29. The van der Waals surface area contributed by atoms with E-state index in [1.54, 1.807) is 38.7 Å². The quantitative estimate of drug-likeness (QED) is 0.121. The number of anilines is 5. The second kappa shape index (κ2) is 18.5. The zero-order valence-corrected chi connectivity index (χ0v) is 37.5. The highest BCUT2D eigenvalue weighted by Gasteiger charge is 2.29. The SMILES string of the molecule is COc1cc(N(C)CCN(C)C)c(NC(=O)C(C)Cn2c(=O)/c(=C/c3nc[nH]c3C(C)(C)C)[nH]c(=O)/c2=C/c2ccccc2)cc1Nc1nccc(C2CN(C)c3ccccc32)n1. The van der Waals surface area contributed by atoms with E-state index in [1.807, 2.05) is 103 Å². The molecule has 4 heterocycles. The molecule has 3 aromatic carbocycles. The van der Waals surface area contributed by atoms with Crippen LogP contribution in [0.25, 0.3) is 12.2 Å². The molecule has 0 saturated carbocycles. The number of amides is 1. The van der Waals surface area contributed by atoms with Crippen LogP contribution in [0, 0.1) is 5.92 Å². The number of benzene rings is 3. The number of methoxy groups -OCH3 is 1. The fourth-order valence-electron chi connectivity index (χ4n) is 7.83. The molecule has 15 heteroatoms. The maximum absolute atomic E-state index is 14.4. The summed E-state index contributed by atoms with van der Waals surface area (Å²) in [5.41, 5.74) is 5.88. The van der Waals surface area contributed by atoms with Crippen LogP contribution in [0.3, 0.4) is 0 Å². The first kappa shape index (κ1) is 44.1. The molecular formula is C48H57N11O4.